The second-order valence-corrected chi connectivity index (χ2v) is 11.0. The van der Waals surface area contributed by atoms with E-state index in [1.54, 1.807) is 4.90 Å². The number of nitrogens with zero attached hydrogens (tertiary/aromatic N) is 2. The Bertz CT molecular complexity index is 1000. The van der Waals surface area contributed by atoms with Gasteiger partial charge in [0.05, 0.1) is 12.6 Å². The second kappa shape index (κ2) is 11.0. The molecule has 0 radical (unpaired) electrons. The number of ether oxygens (including phenoxy) is 2. The van der Waals surface area contributed by atoms with Crippen molar-refractivity contribution in [2.24, 2.45) is 0 Å². The minimum absolute atomic E-state index is 0.0422. The molecule has 2 aromatic rings. The summed E-state index contributed by atoms with van der Waals surface area (Å²) in [5.41, 5.74) is 1.95. The van der Waals surface area contributed by atoms with Crippen LogP contribution < -0.4 is 0 Å². The third-order valence-corrected chi connectivity index (χ3v) is 7.17. The van der Waals surface area contributed by atoms with E-state index < -0.39 is 5.60 Å². The fraction of sp³-hybridized carbons (Fsp3) is 0.643. The van der Waals surface area contributed by atoms with Crippen LogP contribution in [0.1, 0.15) is 77.7 Å². The molecule has 0 bridgehead atoms. The number of piperidine rings is 1. The molecule has 1 aromatic heterocycles. The summed E-state index contributed by atoms with van der Waals surface area (Å²) in [5, 5.41) is 1.28. The van der Waals surface area contributed by atoms with Crippen LogP contribution in [0, 0.1) is 0 Å². The Balaban J connectivity index is 1.35. The van der Waals surface area contributed by atoms with Gasteiger partial charge in [-0.2, -0.15) is 0 Å². The highest BCUT2D eigenvalue weighted by atomic mass is 16.6. The number of carbonyl (C=O) groups excluding carboxylic acids is 2. The zero-order chi connectivity index (χ0) is 25.0. The number of hydrogen-bond donors (Lipinski definition) is 1. The quantitative estimate of drug-likeness (QED) is 0.531. The number of nitrogens with one attached hydrogen (secondary N) is 1. The molecule has 2 atom stereocenters. The first-order valence-corrected chi connectivity index (χ1v) is 13.2. The molecule has 1 N–H and O–H groups in total. The third-order valence-electron chi connectivity index (χ3n) is 7.17. The van der Waals surface area contributed by atoms with E-state index in [9.17, 15) is 9.59 Å². The summed E-state index contributed by atoms with van der Waals surface area (Å²) in [6.07, 6.45) is 6.72. The zero-order valence-electron chi connectivity index (χ0n) is 21.7. The third kappa shape index (κ3) is 6.37. The fourth-order valence-electron chi connectivity index (χ4n) is 5.33. The summed E-state index contributed by atoms with van der Waals surface area (Å²) < 4.78 is 11.7. The maximum atomic E-state index is 13.3. The highest BCUT2D eigenvalue weighted by Gasteiger charge is 2.40. The molecule has 7 heteroatoms. The van der Waals surface area contributed by atoms with Crippen molar-refractivity contribution in [3.63, 3.8) is 0 Å². The maximum absolute atomic E-state index is 13.3. The molecule has 2 aliphatic heterocycles. The Kier molecular flexibility index (Phi) is 8.05. The Morgan fingerprint density at radius 2 is 1.89 bits per heavy atom. The molecule has 35 heavy (non-hydrogen) atoms. The van der Waals surface area contributed by atoms with E-state index in [0.717, 1.165) is 38.8 Å². The summed E-state index contributed by atoms with van der Waals surface area (Å²) >= 11 is 0. The van der Waals surface area contributed by atoms with Gasteiger partial charge in [-0.3, -0.25) is 4.79 Å². The number of carbonyl (C=O) groups is 2. The first-order chi connectivity index (χ1) is 16.7. The maximum Gasteiger partial charge on any atom is 0.410 e. The lowest BCUT2D eigenvalue weighted by Crippen LogP contribution is -2.44. The summed E-state index contributed by atoms with van der Waals surface area (Å²) in [5.74, 6) is 0.575. The van der Waals surface area contributed by atoms with Gasteiger partial charge in [0.2, 0.25) is 5.91 Å². The van der Waals surface area contributed by atoms with Crippen molar-refractivity contribution in [3.05, 3.63) is 36.0 Å². The number of benzene rings is 1. The predicted octanol–water partition coefficient (Wildman–Crippen LogP) is 5.46. The van der Waals surface area contributed by atoms with E-state index in [0.29, 0.717) is 31.9 Å². The van der Waals surface area contributed by atoms with Crippen molar-refractivity contribution < 1.29 is 19.1 Å². The van der Waals surface area contributed by atoms with Gasteiger partial charge in [0.1, 0.15) is 5.60 Å². The van der Waals surface area contributed by atoms with Gasteiger partial charge < -0.3 is 24.3 Å². The Morgan fingerprint density at radius 3 is 2.60 bits per heavy atom. The first kappa shape index (κ1) is 25.5. The molecule has 2 amide bonds. The van der Waals surface area contributed by atoms with E-state index in [1.807, 2.05) is 31.7 Å². The van der Waals surface area contributed by atoms with Crippen LogP contribution in [-0.4, -0.2) is 70.8 Å². The SMILES string of the molecule is CCCCO[C@@H]1C[C@@H](CC(=O)N2CCC(c3c[nH]c4ccccc34)CC2)N(C(=O)OC(C)(C)C)C1. The van der Waals surface area contributed by atoms with Crippen LogP contribution in [0.3, 0.4) is 0 Å². The molecule has 1 aromatic carbocycles. The van der Waals surface area contributed by atoms with Crippen LogP contribution in [0.4, 0.5) is 4.79 Å². The van der Waals surface area contributed by atoms with Gasteiger partial charge in [-0.1, -0.05) is 31.5 Å². The predicted molar refractivity (Wildman–Crippen MR) is 137 cm³/mol. The average Bonchev–Trinajstić information content (AvgIpc) is 3.42. The molecule has 0 aliphatic carbocycles. The van der Waals surface area contributed by atoms with Crippen molar-refractivity contribution in [1.82, 2.24) is 14.8 Å². The van der Waals surface area contributed by atoms with Gasteiger partial charge in [0.25, 0.3) is 0 Å². The number of hydrogen-bond acceptors (Lipinski definition) is 4. The van der Waals surface area contributed by atoms with Gasteiger partial charge in [-0.05, 0) is 64.0 Å². The van der Waals surface area contributed by atoms with Crippen LogP contribution in [-0.2, 0) is 14.3 Å². The van der Waals surface area contributed by atoms with E-state index in [-0.39, 0.29) is 24.1 Å². The first-order valence-electron chi connectivity index (χ1n) is 13.2. The summed E-state index contributed by atoms with van der Waals surface area (Å²) in [6, 6.07) is 8.22. The molecule has 2 aliphatic rings. The lowest BCUT2D eigenvalue weighted by molar-refractivity contribution is -0.133. The smallest absolute Gasteiger partial charge is 0.410 e. The number of likely N-dealkylation sites (tertiary alicyclic amines) is 2. The number of amides is 2. The summed E-state index contributed by atoms with van der Waals surface area (Å²) in [7, 11) is 0. The number of para-hydroxylation sites is 1. The van der Waals surface area contributed by atoms with Crippen LogP contribution >= 0.6 is 0 Å². The highest BCUT2D eigenvalue weighted by Crippen LogP contribution is 2.34. The van der Waals surface area contributed by atoms with Crippen molar-refractivity contribution in [2.45, 2.75) is 89.9 Å². The molecule has 0 unspecified atom stereocenters. The lowest BCUT2D eigenvalue weighted by atomic mass is 9.89. The molecule has 0 saturated carbocycles. The minimum Gasteiger partial charge on any atom is -0.444 e. The van der Waals surface area contributed by atoms with Gasteiger partial charge >= 0.3 is 6.09 Å². The van der Waals surface area contributed by atoms with Crippen LogP contribution in [0.25, 0.3) is 10.9 Å². The van der Waals surface area contributed by atoms with Crippen molar-refractivity contribution in [2.75, 3.05) is 26.2 Å². The molecule has 2 fully saturated rings. The topological polar surface area (TPSA) is 74.9 Å². The summed E-state index contributed by atoms with van der Waals surface area (Å²) in [6.45, 7) is 10.4. The van der Waals surface area contributed by atoms with Crippen molar-refractivity contribution >= 4 is 22.9 Å². The largest absolute Gasteiger partial charge is 0.444 e. The number of fused-ring (bicyclic) bond motifs is 1. The molecule has 4 rings (SSSR count). The number of H-pyrrole nitrogens is 1. The van der Waals surface area contributed by atoms with Gasteiger partial charge in [-0.25, -0.2) is 4.79 Å². The van der Waals surface area contributed by atoms with E-state index in [2.05, 4.69) is 36.3 Å². The molecule has 192 valence electrons. The fourth-order valence-corrected chi connectivity index (χ4v) is 5.33. The Labute approximate surface area is 209 Å². The number of unbranched alkanes of at least 4 members (excludes halogenated alkanes) is 1. The monoisotopic (exact) mass is 483 g/mol. The van der Waals surface area contributed by atoms with Crippen LogP contribution in [0.2, 0.25) is 0 Å². The second-order valence-electron chi connectivity index (χ2n) is 11.0. The number of aromatic amines is 1. The molecule has 3 heterocycles. The molecule has 0 spiro atoms. The number of rotatable bonds is 7. The van der Waals surface area contributed by atoms with E-state index in [4.69, 9.17) is 9.47 Å². The van der Waals surface area contributed by atoms with E-state index in [1.165, 1.54) is 16.5 Å². The standard InChI is InChI=1S/C28H41N3O4/c1-5-6-15-34-22-16-21(31(19-22)27(33)35-28(2,3)4)17-26(32)30-13-11-20(12-14-30)24-18-29-25-10-8-7-9-23(24)25/h7-10,18,20-22,29H,5-6,11-17,19H2,1-4H3/t21-,22+/m0/s1. The Hall–Kier alpha value is -2.54. The normalized spacial score (nSPS) is 21.6. The molecular formula is C28H41N3O4. The average molecular weight is 484 g/mol. The van der Waals surface area contributed by atoms with Crippen molar-refractivity contribution in [3.8, 4) is 0 Å². The van der Waals surface area contributed by atoms with Gasteiger partial charge in [0.15, 0.2) is 0 Å². The van der Waals surface area contributed by atoms with Crippen LogP contribution in [0.5, 0.6) is 0 Å². The molecular weight excluding hydrogens is 442 g/mol. The highest BCUT2D eigenvalue weighted by molar-refractivity contribution is 5.84. The van der Waals surface area contributed by atoms with Gasteiger partial charge in [0, 0.05) is 49.3 Å². The summed E-state index contributed by atoms with van der Waals surface area (Å²) in [4.78, 5) is 33.3. The van der Waals surface area contributed by atoms with Crippen molar-refractivity contribution in [1.29, 1.82) is 0 Å². The zero-order valence-corrected chi connectivity index (χ0v) is 21.7. The van der Waals surface area contributed by atoms with E-state index >= 15 is 0 Å². The Morgan fingerprint density at radius 1 is 1.14 bits per heavy atom. The minimum atomic E-state index is -0.572. The van der Waals surface area contributed by atoms with Crippen LogP contribution in [0.15, 0.2) is 30.5 Å². The number of aromatic nitrogens is 1. The molecule has 2 saturated heterocycles. The molecule has 7 nitrogen and oxygen atoms in total. The lowest BCUT2D eigenvalue weighted by Gasteiger charge is -2.34. The van der Waals surface area contributed by atoms with Gasteiger partial charge in [-0.15, -0.1) is 0 Å².